The van der Waals surface area contributed by atoms with Crippen LogP contribution < -0.4 is 18.9 Å². The van der Waals surface area contributed by atoms with Gasteiger partial charge in [-0.05, 0) is 74.9 Å². The standard InChI is InChI=1S/C27H27N2O7P/c1-17-26(31)23(15-30)21(14-28-17)16-34-24-9-5-6-10-25(24)36-37(33)29-18(2)27(32)35-22-12-11-19-7-3-4-8-20(19)13-22/h5-6,9-15,18,31H,3-4,7-8,16H2,1-2H3. The average molecular weight is 522 g/mol. The highest BCUT2D eigenvalue weighted by Gasteiger charge is 2.21. The summed E-state index contributed by atoms with van der Waals surface area (Å²) in [6.07, 6.45) is 6.23. The molecule has 0 saturated carbocycles. The van der Waals surface area contributed by atoms with Crippen molar-refractivity contribution < 1.29 is 33.6 Å². The van der Waals surface area contributed by atoms with Crippen LogP contribution in [0.1, 0.15) is 52.5 Å². The number of hydrogen-bond acceptors (Lipinski definition) is 9. The van der Waals surface area contributed by atoms with E-state index in [1.165, 1.54) is 24.2 Å². The van der Waals surface area contributed by atoms with Crippen LogP contribution in [0, 0.1) is 6.92 Å². The second kappa shape index (κ2) is 12.0. The molecule has 2 aromatic carbocycles. The molecule has 0 fully saturated rings. The fourth-order valence-electron chi connectivity index (χ4n) is 3.97. The Bertz CT molecular complexity index is 1340. The van der Waals surface area contributed by atoms with Gasteiger partial charge in [-0.25, -0.2) is 4.79 Å². The van der Waals surface area contributed by atoms with Gasteiger partial charge in [-0.3, -0.25) is 14.3 Å². The van der Waals surface area contributed by atoms with Crippen molar-refractivity contribution >= 4 is 20.4 Å². The van der Waals surface area contributed by atoms with Gasteiger partial charge in [-0.2, -0.15) is 0 Å². The van der Waals surface area contributed by atoms with Crippen LogP contribution in [0.5, 0.6) is 23.0 Å². The lowest BCUT2D eigenvalue weighted by atomic mass is 9.92. The first-order chi connectivity index (χ1) is 17.9. The number of pyridine rings is 1. The number of rotatable bonds is 9. The quantitative estimate of drug-likeness (QED) is 0.187. The van der Waals surface area contributed by atoms with Crippen molar-refractivity contribution in [2.45, 2.75) is 52.2 Å². The van der Waals surface area contributed by atoms with Crippen LogP contribution in [0.3, 0.4) is 0 Å². The van der Waals surface area contributed by atoms with Gasteiger partial charge in [0.2, 0.25) is 5.75 Å². The van der Waals surface area contributed by atoms with E-state index in [0.717, 1.165) is 25.7 Å². The van der Waals surface area contributed by atoms with Crippen LogP contribution in [-0.2, 0) is 24.2 Å². The molecule has 2 atom stereocenters. The smallest absolute Gasteiger partial charge is 0.395 e. The van der Waals surface area contributed by atoms with E-state index in [1.807, 2.05) is 12.1 Å². The van der Waals surface area contributed by atoms with Gasteiger partial charge < -0.3 is 19.5 Å². The Morgan fingerprint density at radius 3 is 2.68 bits per heavy atom. The number of ether oxygens (including phenoxy) is 2. The molecule has 0 aliphatic heterocycles. The third-order valence-electron chi connectivity index (χ3n) is 6.03. The maximum absolute atomic E-state index is 12.6. The molecule has 0 bridgehead atoms. The van der Waals surface area contributed by atoms with Crippen LogP contribution in [0.25, 0.3) is 0 Å². The summed E-state index contributed by atoms with van der Waals surface area (Å²) in [5.74, 6) is -0.0326. The fraction of sp³-hybridized carbons (Fsp3) is 0.296. The summed E-state index contributed by atoms with van der Waals surface area (Å²) in [6.45, 7) is 2.98. The molecule has 1 aliphatic carbocycles. The molecule has 1 aromatic heterocycles. The van der Waals surface area contributed by atoms with Gasteiger partial charge in [0.15, 0.2) is 18.1 Å². The summed E-state index contributed by atoms with van der Waals surface area (Å²) in [7, 11) is -2.63. The molecular formula is C27H27N2O7P. The maximum atomic E-state index is 12.6. The van der Waals surface area contributed by atoms with E-state index < -0.39 is 20.2 Å². The predicted octanol–water partition coefficient (Wildman–Crippen LogP) is 4.59. The Kier molecular flexibility index (Phi) is 8.48. The number of fused-ring (bicyclic) bond motifs is 1. The van der Waals surface area contributed by atoms with Crippen LogP contribution >= 0.6 is 8.17 Å². The number of benzene rings is 2. The summed E-state index contributed by atoms with van der Waals surface area (Å²) in [4.78, 5) is 40.6. The number of nitrogens with zero attached hydrogens (tertiary/aromatic N) is 2. The van der Waals surface area contributed by atoms with Crippen LogP contribution in [-0.4, -0.2) is 28.4 Å². The summed E-state index contributed by atoms with van der Waals surface area (Å²) in [5.41, 5.74) is 3.24. The number of carbonyl (C=O) groups excluding carboxylic acids is 2. The highest BCUT2D eigenvalue weighted by Crippen LogP contribution is 2.34. The second-order valence-corrected chi connectivity index (χ2v) is 9.55. The molecule has 0 radical (unpaired) electrons. The number of aromatic hydroxyl groups is 1. The zero-order chi connectivity index (χ0) is 26.4. The normalized spacial score (nSPS) is 13.9. The summed E-state index contributed by atoms with van der Waals surface area (Å²) >= 11 is 0. The lowest BCUT2D eigenvalue weighted by molar-refractivity contribution is -0.169. The number of para-hydroxylation sites is 2. The molecule has 1 aliphatic rings. The Morgan fingerprint density at radius 1 is 1.19 bits per heavy atom. The number of aromatic nitrogens is 1. The highest BCUT2D eigenvalue weighted by molar-refractivity contribution is 7.34. The monoisotopic (exact) mass is 522 g/mol. The topological polar surface area (TPSA) is 130 Å². The van der Waals surface area contributed by atoms with Crippen molar-refractivity contribution in [2.75, 3.05) is 0 Å². The van der Waals surface area contributed by atoms with Crippen molar-refractivity contribution in [1.82, 2.24) is 4.98 Å². The molecule has 1 N–H and O–H groups in total. The Labute approximate surface area is 215 Å². The average Bonchev–Trinajstić information content (AvgIpc) is 2.90. The van der Waals surface area contributed by atoms with E-state index in [0.29, 0.717) is 23.3 Å². The van der Waals surface area contributed by atoms with Crippen molar-refractivity contribution in [3.63, 3.8) is 0 Å². The Hall–Kier alpha value is -3.81. The molecule has 10 heteroatoms. The zero-order valence-corrected chi connectivity index (χ0v) is 21.4. The molecule has 0 saturated heterocycles. The minimum absolute atomic E-state index is 0.0817. The number of hydrogen-bond donors (Lipinski definition) is 1. The van der Waals surface area contributed by atoms with Crippen molar-refractivity contribution in [3.8, 4) is 23.0 Å². The van der Waals surface area contributed by atoms with E-state index in [4.69, 9.17) is 14.0 Å². The SMILES string of the molecule is Cc1ncc(COc2ccccc2O[P+]([O-])=NC(C)C(=O)Oc2ccc3c(c2)CCCC3)c(C=O)c1O. The maximum Gasteiger partial charge on any atom is 0.395 e. The lowest BCUT2D eigenvalue weighted by Crippen LogP contribution is -2.21. The zero-order valence-electron chi connectivity index (χ0n) is 20.5. The summed E-state index contributed by atoms with van der Waals surface area (Å²) in [6, 6.07) is 11.1. The molecule has 2 unspecified atom stereocenters. The minimum Gasteiger partial charge on any atom is -0.575 e. The molecule has 9 nitrogen and oxygen atoms in total. The van der Waals surface area contributed by atoms with Crippen molar-refractivity contribution in [2.24, 2.45) is 4.74 Å². The van der Waals surface area contributed by atoms with Gasteiger partial charge in [0.1, 0.15) is 18.1 Å². The van der Waals surface area contributed by atoms with Gasteiger partial charge in [-0.1, -0.05) is 22.9 Å². The third-order valence-corrected chi connectivity index (χ3v) is 6.92. The predicted molar refractivity (Wildman–Crippen MR) is 135 cm³/mol. The summed E-state index contributed by atoms with van der Waals surface area (Å²) < 4.78 is 20.6. The van der Waals surface area contributed by atoms with Crippen LogP contribution in [0.15, 0.2) is 53.4 Å². The van der Waals surface area contributed by atoms with Crippen LogP contribution in [0.4, 0.5) is 0 Å². The van der Waals surface area contributed by atoms with E-state index in [-0.39, 0.29) is 29.4 Å². The lowest BCUT2D eigenvalue weighted by Gasteiger charge is -2.16. The van der Waals surface area contributed by atoms with E-state index in [1.54, 1.807) is 37.3 Å². The largest absolute Gasteiger partial charge is 0.575 e. The van der Waals surface area contributed by atoms with Gasteiger partial charge in [0.05, 0.1) is 11.3 Å². The highest BCUT2D eigenvalue weighted by atomic mass is 31.1. The molecule has 192 valence electrons. The molecular weight excluding hydrogens is 495 g/mol. The fourth-order valence-corrected chi connectivity index (χ4v) is 4.71. The first-order valence-corrected chi connectivity index (χ1v) is 13.0. The van der Waals surface area contributed by atoms with Gasteiger partial charge in [0, 0.05) is 11.8 Å². The van der Waals surface area contributed by atoms with Gasteiger partial charge in [-0.15, -0.1) is 0 Å². The van der Waals surface area contributed by atoms with E-state index >= 15 is 0 Å². The van der Waals surface area contributed by atoms with Crippen molar-refractivity contribution in [3.05, 3.63) is 76.6 Å². The first kappa shape index (κ1) is 26.3. The molecule has 0 amide bonds. The summed E-state index contributed by atoms with van der Waals surface area (Å²) in [5, 5.41) is 10.1. The van der Waals surface area contributed by atoms with Crippen molar-refractivity contribution in [1.29, 1.82) is 0 Å². The van der Waals surface area contributed by atoms with Gasteiger partial charge >= 0.3 is 14.1 Å². The van der Waals surface area contributed by atoms with Crippen LogP contribution in [0.2, 0.25) is 0 Å². The second-order valence-electron chi connectivity index (χ2n) is 8.66. The van der Waals surface area contributed by atoms with Gasteiger partial charge in [0.25, 0.3) is 0 Å². The first-order valence-electron chi connectivity index (χ1n) is 11.9. The number of esters is 1. The molecule has 1 heterocycles. The molecule has 37 heavy (non-hydrogen) atoms. The minimum atomic E-state index is -2.63. The third kappa shape index (κ3) is 6.50. The number of aryl methyl sites for hydroxylation is 3. The van der Waals surface area contributed by atoms with E-state index in [2.05, 4.69) is 9.73 Å². The molecule has 0 spiro atoms. The number of aldehydes is 1. The Morgan fingerprint density at radius 2 is 1.92 bits per heavy atom. The molecule has 4 rings (SSSR count). The Balaban J connectivity index is 1.40. The molecule has 3 aromatic rings. The van der Waals surface area contributed by atoms with E-state index in [9.17, 15) is 19.6 Å². The number of carbonyl (C=O) groups is 2.